The number of benzene rings is 1. The van der Waals surface area contributed by atoms with Crippen LogP contribution in [0.5, 0.6) is 0 Å². The summed E-state index contributed by atoms with van der Waals surface area (Å²) in [4.78, 5) is 0. The van der Waals surface area contributed by atoms with Crippen molar-refractivity contribution in [3.05, 3.63) is 59.7 Å². The molecular weight excluding hydrogens is 191 g/mol. The van der Waals surface area contributed by atoms with Crippen molar-refractivity contribution in [2.24, 2.45) is 0 Å². The number of aromatic nitrogens is 2. The van der Waals surface area contributed by atoms with Gasteiger partial charge in [0.05, 0.1) is 12.4 Å². The van der Waals surface area contributed by atoms with Gasteiger partial charge in [-0.15, -0.1) is 0 Å². The van der Waals surface area contributed by atoms with Crippen molar-refractivity contribution in [2.75, 3.05) is 0 Å². The molecule has 2 nitrogen and oxygen atoms in total. The van der Waals surface area contributed by atoms with Gasteiger partial charge in [-0.1, -0.05) is 30.4 Å². The van der Waals surface area contributed by atoms with Crippen LogP contribution in [-0.4, -0.2) is 10.2 Å². The largest absolute Gasteiger partial charge is 0.206 e. The van der Waals surface area contributed by atoms with E-state index in [1.54, 1.807) is 42.7 Å². The number of hydrogen-bond acceptors (Lipinski definition) is 2. The molecule has 0 saturated heterocycles. The first-order valence-corrected chi connectivity index (χ1v) is 4.55. The molecule has 0 amide bonds. The van der Waals surface area contributed by atoms with Crippen LogP contribution >= 0.6 is 0 Å². The molecule has 1 aromatic heterocycles. The quantitative estimate of drug-likeness (QED) is 0.744. The van der Waals surface area contributed by atoms with Gasteiger partial charge in [-0.25, -0.2) is 4.39 Å². The summed E-state index contributed by atoms with van der Waals surface area (Å²) < 4.78 is 13.2. The predicted molar refractivity (Wildman–Crippen MR) is 57.4 cm³/mol. The standard InChI is InChI=1S/C12H9FN2/c13-12-4-2-1-3-11(12)6-5-10-7-8-14-15-9-10/h1-9H. The van der Waals surface area contributed by atoms with E-state index in [4.69, 9.17) is 0 Å². The van der Waals surface area contributed by atoms with E-state index in [0.29, 0.717) is 5.56 Å². The lowest BCUT2D eigenvalue weighted by atomic mass is 10.1. The normalized spacial score (nSPS) is 10.7. The van der Waals surface area contributed by atoms with Gasteiger partial charge in [-0.2, -0.15) is 10.2 Å². The molecule has 0 spiro atoms. The van der Waals surface area contributed by atoms with Gasteiger partial charge >= 0.3 is 0 Å². The molecule has 2 aromatic rings. The first-order chi connectivity index (χ1) is 7.36. The van der Waals surface area contributed by atoms with Crippen molar-refractivity contribution in [1.82, 2.24) is 10.2 Å². The molecule has 15 heavy (non-hydrogen) atoms. The van der Waals surface area contributed by atoms with E-state index in [0.717, 1.165) is 5.56 Å². The SMILES string of the molecule is Fc1ccccc1C=Cc1ccnnc1. The van der Waals surface area contributed by atoms with Gasteiger partial charge in [0.25, 0.3) is 0 Å². The molecular formula is C12H9FN2. The molecule has 0 unspecified atom stereocenters. The van der Waals surface area contributed by atoms with Crippen molar-refractivity contribution >= 4 is 12.2 Å². The van der Waals surface area contributed by atoms with Crippen molar-refractivity contribution in [3.63, 3.8) is 0 Å². The molecule has 0 aliphatic carbocycles. The van der Waals surface area contributed by atoms with Crippen LogP contribution in [0.15, 0.2) is 42.7 Å². The molecule has 0 atom stereocenters. The van der Waals surface area contributed by atoms with E-state index in [-0.39, 0.29) is 5.82 Å². The fourth-order valence-electron chi connectivity index (χ4n) is 1.20. The van der Waals surface area contributed by atoms with E-state index in [1.165, 1.54) is 6.07 Å². The summed E-state index contributed by atoms with van der Waals surface area (Å²) in [6, 6.07) is 8.43. The maximum atomic E-state index is 13.2. The van der Waals surface area contributed by atoms with Crippen molar-refractivity contribution in [1.29, 1.82) is 0 Å². The fourth-order valence-corrected chi connectivity index (χ4v) is 1.20. The summed E-state index contributed by atoms with van der Waals surface area (Å²) in [6.45, 7) is 0. The maximum Gasteiger partial charge on any atom is 0.130 e. The summed E-state index contributed by atoms with van der Waals surface area (Å²) in [5.74, 6) is -0.226. The van der Waals surface area contributed by atoms with Gasteiger partial charge in [-0.3, -0.25) is 0 Å². The average molecular weight is 200 g/mol. The Hall–Kier alpha value is -2.03. The van der Waals surface area contributed by atoms with E-state index < -0.39 is 0 Å². The van der Waals surface area contributed by atoms with Crippen LogP contribution in [0.4, 0.5) is 4.39 Å². The van der Waals surface area contributed by atoms with Gasteiger partial charge in [0.2, 0.25) is 0 Å². The lowest BCUT2D eigenvalue weighted by molar-refractivity contribution is 0.625. The van der Waals surface area contributed by atoms with Crippen LogP contribution in [0.25, 0.3) is 12.2 Å². The van der Waals surface area contributed by atoms with Crippen molar-refractivity contribution in [3.8, 4) is 0 Å². The summed E-state index contributed by atoms with van der Waals surface area (Å²) >= 11 is 0. The van der Waals surface area contributed by atoms with Crippen LogP contribution in [0.3, 0.4) is 0 Å². The third-order valence-electron chi connectivity index (χ3n) is 1.97. The minimum Gasteiger partial charge on any atom is -0.206 e. The Morgan fingerprint density at radius 1 is 1.00 bits per heavy atom. The Bertz CT molecular complexity index is 466. The van der Waals surface area contributed by atoms with Crippen LogP contribution < -0.4 is 0 Å². The van der Waals surface area contributed by atoms with Crippen LogP contribution in [-0.2, 0) is 0 Å². The highest BCUT2D eigenvalue weighted by Crippen LogP contribution is 2.10. The Labute approximate surface area is 87.1 Å². The first kappa shape index (κ1) is 9.52. The minimum atomic E-state index is -0.226. The summed E-state index contributed by atoms with van der Waals surface area (Å²) in [5.41, 5.74) is 1.46. The second-order valence-electron chi connectivity index (χ2n) is 3.03. The highest BCUT2D eigenvalue weighted by molar-refractivity contribution is 5.69. The molecule has 1 heterocycles. The smallest absolute Gasteiger partial charge is 0.130 e. The van der Waals surface area contributed by atoms with Gasteiger partial charge in [0.15, 0.2) is 0 Å². The molecule has 0 aliphatic heterocycles. The Balaban J connectivity index is 2.23. The van der Waals surface area contributed by atoms with E-state index >= 15 is 0 Å². The average Bonchev–Trinajstić information content (AvgIpc) is 2.29. The fraction of sp³-hybridized carbons (Fsp3) is 0. The minimum absolute atomic E-state index is 0.226. The highest BCUT2D eigenvalue weighted by Gasteiger charge is 1.94. The zero-order valence-electron chi connectivity index (χ0n) is 7.97. The Kier molecular flexibility index (Phi) is 2.83. The Morgan fingerprint density at radius 2 is 1.87 bits per heavy atom. The third-order valence-corrected chi connectivity index (χ3v) is 1.97. The van der Waals surface area contributed by atoms with E-state index in [2.05, 4.69) is 10.2 Å². The van der Waals surface area contributed by atoms with Crippen LogP contribution in [0.2, 0.25) is 0 Å². The molecule has 3 heteroatoms. The molecule has 0 fully saturated rings. The molecule has 74 valence electrons. The number of halogens is 1. The van der Waals surface area contributed by atoms with Crippen molar-refractivity contribution < 1.29 is 4.39 Å². The Morgan fingerprint density at radius 3 is 2.60 bits per heavy atom. The summed E-state index contributed by atoms with van der Waals surface area (Å²) in [5, 5.41) is 7.38. The summed E-state index contributed by atoms with van der Waals surface area (Å²) in [7, 11) is 0. The summed E-state index contributed by atoms with van der Waals surface area (Å²) in [6.07, 6.45) is 6.73. The van der Waals surface area contributed by atoms with Gasteiger partial charge in [0, 0.05) is 5.56 Å². The number of nitrogens with zero attached hydrogens (tertiary/aromatic N) is 2. The molecule has 0 N–H and O–H groups in total. The number of hydrogen-bond donors (Lipinski definition) is 0. The van der Waals surface area contributed by atoms with Crippen LogP contribution in [0.1, 0.15) is 11.1 Å². The van der Waals surface area contributed by atoms with Gasteiger partial charge in [-0.05, 0) is 17.7 Å². The first-order valence-electron chi connectivity index (χ1n) is 4.55. The second kappa shape index (κ2) is 4.46. The van der Waals surface area contributed by atoms with Crippen LogP contribution in [0, 0.1) is 5.82 Å². The predicted octanol–water partition coefficient (Wildman–Crippen LogP) is 2.79. The van der Waals surface area contributed by atoms with Crippen molar-refractivity contribution in [2.45, 2.75) is 0 Å². The lowest BCUT2D eigenvalue weighted by Gasteiger charge is -1.95. The van der Waals surface area contributed by atoms with E-state index in [1.807, 2.05) is 6.07 Å². The topological polar surface area (TPSA) is 25.8 Å². The third kappa shape index (κ3) is 2.47. The zero-order valence-corrected chi connectivity index (χ0v) is 7.97. The maximum absolute atomic E-state index is 13.2. The molecule has 0 radical (unpaired) electrons. The van der Waals surface area contributed by atoms with E-state index in [9.17, 15) is 4.39 Å². The van der Waals surface area contributed by atoms with Gasteiger partial charge in [0.1, 0.15) is 5.82 Å². The molecule has 2 rings (SSSR count). The zero-order chi connectivity index (χ0) is 10.5. The van der Waals surface area contributed by atoms with Gasteiger partial charge < -0.3 is 0 Å². The molecule has 0 saturated carbocycles. The monoisotopic (exact) mass is 200 g/mol. The molecule has 0 bridgehead atoms. The highest BCUT2D eigenvalue weighted by atomic mass is 19.1. The molecule has 1 aromatic carbocycles. The number of rotatable bonds is 2. The molecule has 0 aliphatic rings. The lowest BCUT2D eigenvalue weighted by Crippen LogP contribution is -1.81. The second-order valence-corrected chi connectivity index (χ2v) is 3.03.